The normalized spacial score (nSPS) is 30.3. The van der Waals surface area contributed by atoms with Gasteiger partial charge in [-0.05, 0) is 49.2 Å². The van der Waals surface area contributed by atoms with Crippen LogP contribution in [-0.2, 0) is 28.5 Å². The van der Waals surface area contributed by atoms with Crippen LogP contribution < -0.4 is 0 Å². The van der Waals surface area contributed by atoms with E-state index in [1.165, 1.54) is 31.2 Å². The molecule has 0 aromatic heterocycles. The van der Waals surface area contributed by atoms with Gasteiger partial charge in [-0.25, -0.2) is 0 Å². The summed E-state index contributed by atoms with van der Waals surface area (Å²) in [6.45, 7) is 2.82. The molecule has 12 heteroatoms. The van der Waals surface area contributed by atoms with Crippen LogP contribution in [0.1, 0.15) is 68.1 Å². The maximum Gasteiger partial charge on any atom is 0.309 e. The molecule has 0 amide bonds. The molecule has 2 aliphatic carbocycles. The van der Waals surface area contributed by atoms with Crippen LogP contribution in [0.2, 0.25) is 0 Å². The highest BCUT2D eigenvalue weighted by Crippen LogP contribution is 2.50. The number of Topliss-reactive ketones (excluding diaryl/α,β-unsaturated/α-hetero) is 4. The number of hydrogen-bond donors (Lipinski definition) is 2. The minimum Gasteiger partial charge on any atom is -0.507 e. The summed E-state index contributed by atoms with van der Waals surface area (Å²) in [6.07, 6.45) is -5.76. The Morgan fingerprint density at radius 3 is 1.77 bits per heavy atom. The molecule has 44 heavy (non-hydrogen) atoms. The van der Waals surface area contributed by atoms with E-state index >= 15 is 0 Å². The number of rotatable bonds is 0. The number of ketones is 4. The van der Waals surface area contributed by atoms with Crippen LogP contribution in [0.3, 0.4) is 0 Å². The first-order chi connectivity index (χ1) is 20.9. The van der Waals surface area contributed by atoms with Crippen molar-refractivity contribution >= 4 is 35.1 Å². The highest BCUT2D eigenvalue weighted by molar-refractivity contribution is 6.30. The monoisotopic (exact) mass is 598 g/mol. The standard InChI is InChI=1S/C32H22O12/c1-10-21-25-18(9-41-10)42-19(35)7-32-8-20(36)43-31(32)26-22(11(2)44-32)28(38)15-4-13(6-17(34)24(15)30(26)40)12-3-14(27(21)37)23(29(25)39)16(33)5-12/h3-6,10-11,18,31,33-34H,7-9H2,1-2H3/t10-,11+,18+,31+,32-/m1/s1. The zero-order chi connectivity index (χ0) is 31.0. The fourth-order valence-corrected chi connectivity index (χ4v) is 7.45. The Bertz CT molecular complexity index is 1930. The molecule has 13 rings (SSSR count). The molecule has 1 spiro atoms. The van der Waals surface area contributed by atoms with Crippen molar-refractivity contribution in [3.8, 4) is 22.6 Å². The van der Waals surface area contributed by atoms with Gasteiger partial charge in [0.1, 0.15) is 17.1 Å². The van der Waals surface area contributed by atoms with Crippen molar-refractivity contribution in [1.82, 2.24) is 0 Å². The van der Waals surface area contributed by atoms with E-state index in [9.17, 15) is 39.0 Å². The second-order valence-corrected chi connectivity index (χ2v) is 11.8. The Morgan fingerprint density at radius 1 is 0.659 bits per heavy atom. The molecule has 2 N–H and O–H groups in total. The van der Waals surface area contributed by atoms with Gasteiger partial charge in [0, 0.05) is 22.3 Å². The van der Waals surface area contributed by atoms with E-state index in [-0.39, 0.29) is 62.3 Å². The summed E-state index contributed by atoms with van der Waals surface area (Å²) >= 11 is 0. The Morgan fingerprint density at radius 2 is 1.18 bits per heavy atom. The molecule has 9 aliphatic heterocycles. The lowest BCUT2D eigenvalue weighted by molar-refractivity contribution is -0.167. The fourth-order valence-electron chi connectivity index (χ4n) is 7.45. The molecule has 1 saturated heterocycles. The molecule has 0 radical (unpaired) electrons. The second-order valence-electron chi connectivity index (χ2n) is 11.8. The number of esters is 2. The van der Waals surface area contributed by atoms with Crippen LogP contribution in [0.5, 0.6) is 11.5 Å². The molecule has 9 heterocycles. The summed E-state index contributed by atoms with van der Waals surface area (Å²) in [5.41, 5.74) is -2.73. The van der Waals surface area contributed by atoms with Gasteiger partial charge in [0.2, 0.25) is 0 Å². The summed E-state index contributed by atoms with van der Waals surface area (Å²) < 4.78 is 23.1. The summed E-state index contributed by atoms with van der Waals surface area (Å²) in [5.74, 6) is -5.62. The molecule has 0 saturated carbocycles. The first-order valence-electron chi connectivity index (χ1n) is 14.0. The average Bonchev–Trinajstić information content (AvgIpc) is 3.28. The van der Waals surface area contributed by atoms with E-state index in [0.717, 1.165) is 0 Å². The highest BCUT2D eigenvalue weighted by Gasteiger charge is 2.61. The molecule has 1 fully saturated rings. The van der Waals surface area contributed by atoms with Gasteiger partial charge in [-0.15, -0.1) is 0 Å². The van der Waals surface area contributed by atoms with Gasteiger partial charge in [-0.1, -0.05) is 0 Å². The Hall–Kier alpha value is -4.94. The van der Waals surface area contributed by atoms with Gasteiger partial charge in [0.15, 0.2) is 35.3 Å². The summed E-state index contributed by atoms with van der Waals surface area (Å²) in [5, 5.41) is 22.2. The molecule has 222 valence electrons. The van der Waals surface area contributed by atoms with Crippen molar-refractivity contribution in [2.45, 2.75) is 56.7 Å². The summed E-state index contributed by atoms with van der Waals surface area (Å²) in [7, 11) is 0. The number of ether oxygens (including phenoxy) is 4. The van der Waals surface area contributed by atoms with E-state index < -0.39 is 89.4 Å². The molecule has 2 aromatic rings. The third kappa shape index (κ3) is 3.29. The number of phenolic OH excluding ortho intramolecular Hbond substituents is 2. The molecule has 11 aliphatic rings. The number of aromatic hydroxyl groups is 2. The number of phenols is 2. The molecule has 2 aromatic carbocycles. The lowest BCUT2D eigenvalue weighted by Gasteiger charge is -2.43. The third-order valence-corrected chi connectivity index (χ3v) is 9.26. The zero-order valence-electron chi connectivity index (χ0n) is 23.2. The van der Waals surface area contributed by atoms with Gasteiger partial charge in [-0.3, -0.25) is 28.8 Å². The molecular formula is C32H22O12. The van der Waals surface area contributed by atoms with Gasteiger partial charge in [0.25, 0.3) is 0 Å². The topological polar surface area (TPSA) is 180 Å². The zero-order valence-corrected chi connectivity index (χ0v) is 23.2. The van der Waals surface area contributed by atoms with Gasteiger partial charge < -0.3 is 29.2 Å². The van der Waals surface area contributed by atoms with Crippen molar-refractivity contribution in [1.29, 1.82) is 0 Å². The largest absolute Gasteiger partial charge is 0.507 e. The maximum atomic E-state index is 14.0. The van der Waals surface area contributed by atoms with Crippen molar-refractivity contribution in [2.24, 2.45) is 0 Å². The Kier molecular flexibility index (Phi) is 5.20. The minimum absolute atomic E-state index is 0.0298. The fraction of sp³-hybridized carbons (Fsp3) is 0.312. The van der Waals surface area contributed by atoms with Gasteiger partial charge in [0.05, 0.1) is 53.9 Å². The lowest BCUT2D eigenvalue weighted by Crippen LogP contribution is -2.54. The average molecular weight is 599 g/mol. The molecule has 0 unspecified atom stereocenters. The van der Waals surface area contributed by atoms with Crippen LogP contribution in [0, 0.1) is 0 Å². The number of carbonyl (C=O) groups is 6. The van der Waals surface area contributed by atoms with Crippen molar-refractivity contribution < 1.29 is 57.9 Å². The highest BCUT2D eigenvalue weighted by atomic mass is 16.6. The van der Waals surface area contributed by atoms with Crippen LogP contribution >= 0.6 is 0 Å². The lowest BCUT2D eigenvalue weighted by atomic mass is 9.72. The first kappa shape index (κ1) is 26.7. The summed E-state index contributed by atoms with van der Waals surface area (Å²) in [6, 6.07) is 5.11. The quantitative estimate of drug-likeness (QED) is 0.423. The SMILES string of the molecule is C[C@@H]1O[C@@]23CC(=O)O[C@H]4CO[C@H](C)C5=C4C(=O)c4c(O)cc(cc4C5=O)-c4cc(O)c5c(c4)C(=O)C1=C(C5=O)[C@@H]2OC(=O)C3. The summed E-state index contributed by atoms with van der Waals surface area (Å²) in [4.78, 5) is 81.9. The van der Waals surface area contributed by atoms with E-state index in [1.807, 2.05) is 0 Å². The van der Waals surface area contributed by atoms with Crippen LogP contribution in [0.25, 0.3) is 11.1 Å². The second kappa shape index (κ2) is 8.58. The molecular weight excluding hydrogens is 576 g/mol. The van der Waals surface area contributed by atoms with Crippen LogP contribution in [0.15, 0.2) is 46.6 Å². The molecule has 12 nitrogen and oxygen atoms in total. The maximum absolute atomic E-state index is 14.0. The van der Waals surface area contributed by atoms with Crippen LogP contribution in [0.4, 0.5) is 0 Å². The Labute approximate surface area is 247 Å². The molecule has 12 bridgehead atoms. The predicted octanol–water partition coefficient (Wildman–Crippen LogP) is 2.32. The van der Waals surface area contributed by atoms with E-state index in [1.54, 1.807) is 6.92 Å². The first-order valence-corrected chi connectivity index (χ1v) is 14.0. The van der Waals surface area contributed by atoms with Crippen molar-refractivity contribution in [2.75, 3.05) is 6.61 Å². The predicted molar refractivity (Wildman–Crippen MR) is 144 cm³/mol. The molecule has 5 atom stereocenters. The van der Waals surface area contributed by atoms with Gasteiger partial charge >= 0.3 is 11.9 Å². The van der Waals surface area contributed by atoms with Crippen molar-refractivity contribution in [3.63, 3.8) is 0 Å². The number of hydrogen-bond acceptors (Lipinski definition) is 12. The minimum atomic E-state index is -1.74. The third-order valence-electron chi connectivity index (χ3n) is 9.26. The van der Waals surface area contributed by atoms with E-state index in [2.05, 4.69) is 0 Å². The number of carbonyl (C=O) groups excluding carboxylic acids is 6. The number of benzene rings is 2. The Balaban J connectivity index is 1.42. The van der Waals surface area contributed by atoms with E-state index in [4.69, 9.17) is 18.9 Å². The van der Waals surface area contributed by atoms with Crippen molar-refractivity contribution in [3.05, 3.63) is 68.8 Å². The van der Waals surface area contributed by atoms with Gasteiger partial charge in [-0.2, -0.15) is 0 Å². The smallest absolute Gasteiger partial charge is 0.309 e. The van der Waals surface area contributed by atoms with E-state index in [0.29, 0.717) is 0 Å². The van der Waals surface area contributed by atoms with Crippen LogP contribution in [-0.4, -0.2) is 81.9 Å².